The largest absolute Gasteiger partial charge is 0.419 e. The maximum absolute atomic E-state index is 13.0. The molecule has 0 saturated carbocycles. The number of ether oxygens (including phenoxy) is 1. The number of anilines is 1. The van der Waals surface area contributed by atoms with E-state index in [1.807, 2.05) is 14.0 Å². The normalized spacial score (nSPS) is 16.1. The highest BCUT2D eigenvalue weighted by molar-refractivity contribution is 5.79. The Balaban J connectivity index is 1.85. The summed E-state index contributed by atoms with van der Waals surface area (Å²) in [5.41, 5.74) is -0.764. The summed E-state index contributed by atoms with van der Waals surface area (Å²) in [4.78, 5) is 10.4. The summed E-state index contributed by atoms with van der Waals surface area (Å²) in [6, 6.07) is 2.30. The first kappa shape index (κ1) is 22.3. The lowest BCUT2D eigenvalue weighted by Gasteiger charge is -2.26. The molecule has 0 atom stereocenters. The van der Waals surface area contributed by atoms with Crippen molar-refractivity contribution in [2.24, 2.45) is 10.9 Å². The number of hydrogen-bond acceptors (Lipinski definition) is 4. The molecule has 0 spiro atoms. The van der Waals surface area contributed by atoms with Gasteiger partial charge in [0.2, 0.25) is 0 Å². The van der Waals surface area contributed by atoms with Gasteiger partial charge in [0.15, 0.2) is 5.96 Å². The number of nitrogens with one attached hydrogen (secondary N) is 2. The molecular weight excluding hydrogens is 371 g/mol. The fraction of sp³-hybridized carbons (Fsp3) is 0.684. The third-order valence-corrected chi connectivity index (χ3v) is 4.69. The molecule has 0 unspecified atom stereocenters. The minimum Gasteiger partial charge on any atom is -0.381 e. The van der Waals surface area contributed by atoms with Crippen molar-refractivity contribution in [2.75, 3.05) is 51.8 Å². The molecule has 0 amide bonds. The van der Waals surface area contributed by atoms with Crippen molar-refractivity contribution in [2.45, 2.75) is 32.4 Å². The molecule has 0 bridgehead atoms. The summed E-state index contributed by atoms with van der Waals surface area (Å²) in [7, 11) is 1.98. The molecule has 28 heavy (non-hydrogen) atoms. The van der Waals surface area contributed by atoms with Crippen LogP contribution in [-0.4, -0.2) is 62.3 Å². The van der Waals surface area contributed by atoms with Crippen molar-refractivity contribution >= 4 is 11.8 Å². The second-order valence-electron chi connectivity index (χ2n) is 6.83. The van der Waals surface area contributed by atoms with E-state index >= 15 is 0 Å². The van der Waals surface area contributed by atoms with E-state index in [9.17, 15) is 13.2 Å². The zero-order chi connectivity index (χ0) is 20.4. The van der Waals surface area contributed by atoms with Crippen molar-refractivity contribution in [3.05, 3.63) is 23.9 Å². The maximum atomic E-state index is 13.0. The van der Waals surface area contributed by atoms with E-state index in [0.29, 0.717) is 12.5 Å². The SMILES string of the molecule is CCNC(=NCCNc1ncccc1C(F)(F)F)N(C)CCC1CCOCC1. The van der Waals surface area contributed by atoms with Gasteiger partial charge < -0.3 is 20.3 Å². The molecule has 2 N–H and O–H groups in total. The van der Waals surface area contributed by atoms with Gasteiger partial charge in [0.1, 0.15) is 5.82 Å². The summed E-state index contributed by atoms with van der Waals surface area (Å²) < 4.78 is 44.4. The molecule has 2 rings (SSSR count). The lowest BCUT2D eigenvalue weighted by molar-refractivity contribution is -0.137. The van der Waals surface area contributed by atoms with Crippen molar-refractivity contribution in [1.29, 1.82) is 0 Å². The van der Waals surface area contributed by atoms with Gasteiger partial charge in [-0.3, -0.25) is 4.99 Å². The number of aliphatic imine (C=N–C) groups is 1. The van der Waals surface area contributed by atoms with E-state index in [1.165, 1.54) is 12.3 Å². The monoisotopic (exact) mass is 401 g/mol. The molecule has 1 aliphatic rings. The fourth-order valence-electron chi connectivity index (χ4n) is 3.10. The Morgan fingerprint density at radius 2 is 2.11 bits per heavy atom. The van der Waals surface area contributed by atoms with Crippen LogP contribution in [0.15, 0.2) is 23.3 Å². The van der Waals surface area contributed by atoms with Crippen LogP contribution >= 0.6 is 0 Å². The minimum atomic E-state index is -4.43. The van der Waals surface area contributed by atoms with Gasteiger partial charge in [-0.15, -0.1) is 0 Å². The van der Waals surface area contributed by atoms with Gasteiger partial charge in [0.25, 0.3) is 0 Å². The Bertz CT molecular complexity index is 618. The first-order valence-electron chi connectivity index (χ1n) is 9.75. The van der Waals surface area contributed by atoms with E-state index in [4.69, 9.17) is 4.74 Å². The molecule has 6 nitrogen and oxygen atoms in total. The van der Waals surface area contributed by atoms with Gasteiger partial charge in [0.05, 0.1) is 12.1 Å². The van der Waals surface area contributed by atoms with Crippen LogP contribution in [0.2, 0.25) is 0 Å². The van der Waals surface area contributed by atoms with Crippen molar-refractivity contribution < 1.29 is 17.9 Å². The van der Waals surface area contributed by atoms with E-state index in [-0.39, 0.29) is 12.4 Å². The van der Waals surface area contributed by atoms with E-state index in [1.54, 1.807) is 0 Å². The van der Waals surface area contributed by atoms with E-state index in [2.05, 4.69) is 25.5 Å². The average Bonchev–Trinajstić information content (AvgIpc) is 2.69. The zero-order valence-electron chi connectivity index (χ0n) is 16.6. The first-order chi connectivity index (χ1) is 13.4. The molecule has 0 aromatic carbocycles. The summed E-state index contributed by atoms with van der Waals surface area (Å²) in [6.07, 6.45) is 0.174. The molecule has 9 heteroatoms. The van der Waals surface area contributed by atoms with Crippen LogP contribution in [0.25, 0.3) is 0 Å². The Kier molecular flexibility index (Phi) is 8.82. The third kappa shape index (κ3) is 7.18. The molecule has 1 aromatic heterocycles. The number of hydrogen-bond donors (Lipinski definition) is 2. The third-order valence-electron chi connectivity index (χ3n) is 4.69. The summed E-state index contributed by atoms with van der Waals surface area (Å²) in [6.45, 7) is 5.88. The van der Waals surface area contributed by atoms with E-state index in [0.717, 1.165) is 57.6 Å². The predicted octanol–water partition coefficient (Wildman–Crippen LogP) is 3.23. The lowest BCUT2D eigenvalue weighted by atomic mass is 9.96. The number of halogens is 3. The van der Waals surface area contributed by atoms with Crippen LogP contribution < -0.4 is 10.6 Å². The second-order valence-corrected chi connectivity index (χ2v) is 6.83. The molecule has 0 radical (unpaired) electrons. The molecule has 1 fully saturated rings. The Labute approximate surface area is 164 Å². The Hall–Kier alpha value is -2.03. The minimum absolute atomic E-state index is 0.164. The zero-order valence-corrected chi connectivity index (χ0v) is 16.6. The van der Waals surface area contributed by atoms with Crippen molar-refractivity contribution in [3.8, 4) is 0 Å². The van der Waals surface area contributed by atoms with Gasteiger partial charge in [0, 0.05) is 46.1 Å². The number of nitrogens with zero attached hydrogens (tertiary/aromatic N) is 3. The molecule has 1 aromatic rings. The van der Waals surface area contributed by atoms with Crippen LogP contribution in [0.1, 0.15) is 31.7 Å². The molecular formula is C19H30F3N5O. The fourth-order valence-corrected chi connectivity index (χ4v) is 3.10. The molecule has 158 valence electrons. The van der Waals surface area contributed by atoms with Gasteiger partial charge in [-0.1, -0.05) is 0 Å². The van der Waals surface area contributed by atoms with Crippen LogP contribution in [0, 0.1) is 5.92 Å². The Morgan fingerprint density at radius 3 is 2.79 bits per heavy atom. The van der Waals surface area contributed by atoms with Gasteiger partial charge in [-0.2, -0.15) is 13.2 Å². The summed E-state index contributed by atoms with van der Waals surface area (Å²) in [5.74, 6) is 1.27. The Morgan fingerprint density at radius 1 is 1.36 bits per heavy atom. The van der Waals surface area contributed by atoms with Crippen molar-refractivity contribution in [1.82, 2.24) is 15.2 Å². The van der Waals surface area contributed by atoms with Gasteiger partial charge in [-0.05, 0) is 44.2 Å². The number of guanidine groups is 1. The average molecular weight is 401 g/mol. The topological polar surface area (TPSA) is 61.8 Å². The van der Waals surface area contributed by atoms with Crippen LogP contribution in [-0.2, 0) is 10.9 Å². The number of rotatable bonds is 8. The van der Waals surface area contributed by atoms with Crippen molar-refractivity contribution in [3.63, 3.8) is 0 Å². The van der Waals surface area contributed by atoms with Crippen LogP contribution in [0.5, 0.6) is 0 Å². The molecule has 0 aliphatic carbocycles. The molecule has 2 heterocycles. The van der Waals surface area contributed by atoms with Gasteiger partial charge >= 0.3 is 6.18 Å². The highest BCUT2D eigenvalue weighted by Gasteiger charge is 2.33. The highest BCUT2D eigenvalue weighted by Crippen LogP contribution is 2.33. The molecule has 1 saturated heterocycles. The predicted molar refractivity (Wildman–Crippen MR) is 104 cm³/mol. The standard InChI is InChI=1S/C19H30F3N5O/c1-3-23-18(27(2)12-6-15-7-13-28-14-8-15)26-11-10-25-17-16(19(20,21)22)5-4-9-24-17/h4-5,9,15H,3,6-8,10-14H2,1-2H3,(H,23,26)(H,24,25). The van der Waals surface area contributed by atoms with Crippen LogP contribution in [0.3, 0.4) is 0 Å². The summed E-state index contributed by atoms with van der Waals surface area (Å²) >= 11 is 0. The van der Waals surface area contributed by atoms with Gasteiger partial charge in [-0.25, -0.2) is 4.98 Å². The maximum Gasteiger partial charge on any atom is 0.419 e. The highest BCUT2D eigenvalue weighted by atomic mass is 19.4. The van der Waals surface area contributed by atoms with Crippen LogP contribution in [0.4, 0.5) is 19.0 Å². The molecule has 1 aliphatic heterocycles. The summed E-state index contributed by atoms with van der Waals surface area (Å²) in [5, 5.41) is 5.97. The quantitative estimate of drug-likeness (QED) is 0.398. The smallest absolute Gasteiger partial charge is 0.381 e. The number of alkyl halides is 3. The second kappa shape index (κ2) is 11.1. The first-order valence-corrected chi connectivity index (χ1v) is 9.75. The number of aromatic nitrogens is 1. The lowest BCUT2D eigenvalue weighted by Crippen LogP contribution is -2.40. The number of pyridine rings is 1. The van der Waals surface area contributed by atoms with E-state index < -0.39 is 11.7 Å².